The largest absolute Gasteiger partial charge is 0.383 e. The first-order valence-corrected chi connectivity index (χ1v) is 10.5. The number of ether oxygens (including phenoxy) is 1. The fraction of sp³-hybridized carbons (Fsp3) is 0.950. The van der Waals surface area contributed by atoms with Crippen LogP contribution in [0.1, 0.15) is 53.9 Å². The van der Waals surface area contributed by atoms with Gasteiger partial charge in [-0.2, -0.15) is 0 Å². The number of nitrogens with zero attached hydrogens (tertiary/aromatic N) is 3. The van der Waals surface area contributed by atoms with Crippen LogP contribution in [0, 0.1) is 0 Å². The van der Waals surface area contributed by atoms with Crippen molar-refractivity contribution in [3.8, 4) is 0 Å². The minimum absolute atomic E-state index is 0. The first-order chi connectivity index (χ1) is 12.5. The molecule has 1 aliphatic heterocycles. The maximum absolute atomic E-state index is 5.18. The molecular weight excluding hydrogens is 453 g/mol. The van der Waals surface area contributed by atoms with E-state index in [9.17, 15) is 0 Å². The zero-order valence-electron chi connectivity index (χ0n) is 18.5. The lowest BCUT2D eigenvalue weighted by Gasteiger charge is -2.33. The number of hydrogen-bond donors (Lipinski definition) is 2. The molecule has 0 spiro atoms. The number of halogens is 1. The summed E-state index contributed by atoms with van der Waals surface area (Å²) >= 11 is 0. The molecule has 6 nitrogen and oxygen atoms in total. The van der Waals surface area contributed by atoms with Gasteiger partial charge in [0.15, 0.2) is 5.96 Å². The molecule has 0 radical (unpaired) electrons. The van der Waals surface area contributed by atoms with Gasteiger partial charge < -0.3 is 20.3 Å². The highest BCUT2D eigenvalue weighted by Gasteiger charge is 2.19. The lowest BCUT2D eigenvalue weighted by molar-refractivity contribution is 0.128. The lowest BCUT2D eigenvalue weighted by Crippen LogP contribution is -2.49. The van der Waals surface area contributed by atoms with Gasteiger partial charge in [-0.15, -0.1) is 24.0 Å². The molecule has 2 N–H and O–H groups in total. The molecule has 7 heteroatoms. The molecule has 0 aromatic heterocycles. The van der Waals surface area contributed by atoms with E-state index in [1.165, 1.54) is 12.8 Å². The van der Waals surface area contributed by atoms with Gasteiger partial charge in [0.05, 0.1) is 6.61 Å². The van der Waals surface area contributed by atoms with Crippen LogP contribution in [0.15, 0.2) is 4.99 Å². The van der Waals surface area contributed by atoms with Crippen LogP contribution in [-0.2, 0) is 4.74 Å². The molecule has 0 aliphatic carbocycles. The van der Waals surface area contributed by atoms with E-state index < -0.39 is 0 Å². The van der Waals surface area contributed by atoms with E-state index in [4.69, 9.17) is 9.73 Å². The predicted octanol–water partition coefficient (Wildman–Crippen LogP) is 2.78. The number of likely N-dealkylation sites (tertiary alicyclic amines) is 1. The average molecular weight is 498 g/mol. The van der Waals surface area contributed by atoms with Gasteiger partial charge in [-0.05, 0) is 53.9 Å². The van der Waals surface area contributed by atoms with E-state index in [1.54, 1.807) is 7.11 Å². The van der Waals surface area contributed by atoms with Crippen LogP contribution in [0.25, 0.3) is 0 Å². The molecule has 0 amide bonds. The molecule has 0 unspecified atom stereocenters. The second-order valence-corrected chi connectivity index (χ2v) is 7.79. The Kier molecular flexibility index (Phi) is 15.7. The molecule has 162 valence electrons. The summed E-state index contributed by atoms with van der Waals surface area (Å²) in [6.07, 6.45) is 3.44. The summed E-state index contributed by atoms with van der Waals surface area (Å²) in [7, 11) is 1.77. The summed E-state index contributed by atoms with van der Waals surface area (Å²) in [5.74, 6) is 0.975. The number of aliphatic imine (C=N–C) groups is 1. The van der Waals surface area contributed by atoms with E-state index in [0.29, 0.717) is 18.1 Å². The van der Waals surface area contributed by atoms with Crippen LogP contribution in [-0.4, -0.2) is 86.9 Å². The van der Waals surface area contributed by atoms with Gasteiger partial charge >= 0.3 is 0 Å². The number of methoxy groups -OCH3 is 1. The van der Waals surface area contributed by atoms with Crippen molar-refractivity contribution in [2.75, 3.05) is 53.0 Å². The Bertz CT molecular complexity index is 377. The Balaban J connectivity index is 0.00000676. The van der Waals surface area contributed by atoms with Crippen LogP contribution < -0.4 is 10.6 Å². The first kappa shape index (κ1) is 26.9. The summed E-state index contributed by atoms with van der Waals surface area (Å²) in [5, 5.41) is 7.04. The van der Waals surface area contributed by atoms with Crippen LogP contribution in [0.2, 0.25) is 0 Å². The maximum atomic E-state index is 5.18. The number of nitrogens with one attached hydrogen (secondary N) is 2. The summed E-state index contributed by atoms with van der Waals surface area (Å²) in [5.41, 5.74) is 0. The Labute approximate surface area is 184 Å². The second-order valence-electron chi connectivity index (χ2n) is 7.79. The van der Waals surface area contributed by atoms with Crippen molar-refractivity contribution in [1.82, 2.24) is 20.4 Å². The topological polar surface area (TPSA) is 52.1 Å². The number of rotatable bonds is 11. The van der Waals surface area contributed by atoms with E-state index in [0.717, 1.165) is 58.3 Å². The van der Waals surface area contributed by atoms with Gasteiger partial charge in [0.25, 0.3) is 0 Å². The normalized spacial score (nSPS) is 16.9. The SMILES string of the molecule is CCNC(=NCCCN(C(C)C)C(C)C)NC1CCN(CCOC)CC1.I. The zero-order chi connectivity index (χ0) is 19.4. The number of guanidine groups is 1. The van der Waals surface area contributed by atoms with E-state index in [-0.39, 0.29) is 24.0 Å². The summed E-state index contributed by atoms with van der Waals surface area (Å²) in [4.78, 5) is 9.82. The quantitative estimate of drug-likeness (QED) is 0.199. The molecule has 0 aromatic rings. The highest BCUT2D eigenvalue weighted by atomic mass is 127. The molecule has 27 heavy (non-hydrogen) atoms. The van der Waals surface area contributed by atoms with Crippen LogP contribution in [0.3, 0.4) is 0 Å². The number of piperidine rings is 1. The third kappa shape index (κ3) is 11.5. The third-order valence-corrected chi connectivity index (χ3v) is 5.06. The van der Waals surface area contributed by atoms with Crippen LogP contribution in [0.4, 0.5) is 0 Å². The minimum Gasteiger partial charge on any atom is -0.383 e. The monoisotopic (exact) mass is 497 g/mol. The molecule has 1 heterocycles. The van der Waals surface area contributed by atoms with Gasteiger partial charge in [0, 0.05) is 64.5 Å². The highest BCUT2D eigenvalue weighted by molar-refractivity contribution is 14.0. The van der Waals surface area contributed by atoms with Crippen LogP contribution >= 0.6 is 24.0 Å². The Morgan fingerprint density at radius 3 is 2.33 bits per heavy atom. The molecule has 1 saturated heterocycles. The molecule has 0 bridgehead atoms. The van der Waals surface area contributed by atoms with Gasteiger partial charge in [-0.25, -0.2) is 0 Å². The molecule has 0 atom stereocenters. The van der Waals surface area contributed by atoms with Crippen molar-refractivity contribution in [2.24, 2.45) is 4.99 Å². The molecule has 1 rings (SSSR count). The standard InChI is InChI=1S/C20H43N5O.HI/c1-7-21-20(22-11-8-12-25(17(2)3)18(4)5)23-19-9-13-24(14-10-19)15-16-26-6;/h17-19H,7-16H2,1-6H3,(H2,21,22,23);1H. The van der Waals surface area contributed by atoms with Crippen LogP contribution in [0.5, 0.6) is 0 Å². The van der Waals surface area contributed by atoms with Crippen molar-refractivity contribution in [2.45, 2.75) is 72.0 Å². The van der Waals surface area contributed by atoms with Gasteiger partial charge in [0.1, 0.15) is 0 Å². The fourth-order valence-electron chi connectivity index (χ4n) is 3.59. The minimum atomic E-state index is 0. The Hall–Kier alpha value is -0.120. The maximum Gasteiger partial charge on any atom is 0.191 e. The van der Waals surface area contributed by atoms with Gasteiger partial charge in [-0.3, -0.25) is 9.89 Å². The van der Waals surface area contributed by atoms with Crippen molar-refractivity contribution < 1.29 is 4.74 Å². The van der Waals surface area contributed by atoms with Crippen molar-refractivity contribution >= 4 is 29.9 Å². The summed E-state index contributed by atoms with van der Waals surface area (Å²) in [6, 6.07) is 1.71. The molecule has 1 aliphatic rings. The van der Waals surface area contributed by atoms with Gasteiger partial charge in [-0.1, -0.05) is 0 Å². The average Bonchev–Trinajstić information content (AvgIpc) is 2.60. The lowest BCUT2D eigenvalue weighted by atomic mass is 10.1. The predicted molar refractivity (Wildman–Crippen MR) is 127 cm³/mol. The highest BCUT2D eigenvalue weighted by Crippen LogP contribution is 2.10. The zero-order valence-corrected chi connectivity index (χ0v) is 20.8. The van der Waals surface area contributed by atoms with E-state index in [1.807, 2.05) is 0 Å². The van der Waals surface area contributed by atoms with E-state index in [2.05, 4.69) is 55.1 Å². The smallest absolute Gasteiger partial charge is 0.191 e. The summed E-state index contributed by atoms with van der Waals surface area (Å²) in [6.45, 7) is 18.2. The fourth-order valence-corrected chi connectivity index (χ4v) is 3.59. The van der Waals surface area contributed by atoms with E-state index >= 15 is 0 Å². The second kappa shape index (κ2) is 15.8. The van der Waals surface area contributed by atoms with Gasteiger partial charge in [0.2, 0.25) is 0 Å². The Morgan fingerprint density at radius 2 is 1.81 bits per heavy atom. The van der Waals surface area contributed by atoms with Crippen molar-refractivity contribution in [1.29, 1.82) is 0 Å². The Morgan fingerprint density at radius 1 is 1.19 bits per heavy atom. The first-order valence-electron chi connectivity index (χ1n) is 10.5. The molecule has 0 aromatic carbocycles. The van der Waals surface area contributed by atoms with Crippen molar-refractivity contribution in [3.63, 3.8) is 0 Å². The van der Waals surface area contributed by atoms with Crippen molar-refractivity contribution in [3.05, 3.63) is 0 Å². The number of hydrogen-bond acceptors (Lipinski definition) is 4. The third-order valence-electron chi connectivity index (χ3n) is 5.06. The molecular formula is C20H44IN5O. The molecule has 1 fully saturated rings. The summed E-state index contributed by atoms with van der Waals surface area (Å²) < 4.78 is 5.18. The molecule has 0 saturated carbocycles.